The third kappa shape index (κ3) is 5.50. The van der Waals surface area contributed by atoms with E-state index in [1.54, 1.807) is 18.2 Å². The second-order valence-corrected chi connectivity index (χ2v) is 3.83. The highest BCUT2D eigenvalue weighted by Gasteiger charge is 2.11. The van der Waals surface area contributed by atoms with Gasteiger partial charge in [-0.05, 0) is 11.6 Å². The Morgan fingerprint density at radius 2 is 1.95 bits per heavy atom. The normalized spacial score (nSPS) is 10.2. The molecule has 19 heavy (non-hydrogen) atoms. The van der Waals surface area contributed by atoms with Crippen molar-refractivity contribution in [3.8, 4) is 0 Å². The predicted octanol–water partition coefficient (Wildman–Crippen LogP) is 0.0524. The Kier molecular flexibility index (Phi) is 6.56. The van der Waals surface area contributed by atoms with Gasteiger partial charge in [0.15, 0.2) is 0 Å². The van der Waals surface area contributed by atoms with Crippen molar-refractivity contribution in [1.29, 1.82) is 0 Å². The number of aliphatic hydroxyl groups is 1. The first-order valence-electron chi connectivity index (χ1n) is 5.91. The first-order valence-corrected chi connectivity index (χ1v) is 5.91. The molecule has 3 N–H and O–H groups in total. The van der Waals surface area contributed by atoms with Crippen LogP contribution in [0.3, 0.4) is 0 Å². The van der Waals surface area contributed by atoms with Crippen LogP contribution in [0.1, 0.15) is 15.9 Å². The molecule has 1 amide bonds. The van der Waals surface area contributed by atoms with Crippen molar-refractivity contribution in [2.24, 2.45) is 0 Å². The van der Waals surface area contributed by atoms with Crippen LogP contribution in [0.15, 0.2) is 24.3 Å². The second kappa shape index (κ2) is 8.23. The molecular weight excluding hydrogens is 250 g/mol. The summed E-state index contributed by atoms with van der Waals surface area (Å²) in [7, 11) is 0. The summed E-state index contributed by atoms with van der Waals surface area (Å²) in [6, 6.07) is 6.40. The molecule has 1 rings (SSSR count). The minimum absolute atomic E-state index is 0.0163. The van der Waals surface area contributed by atoms with Crippen molar-refractivity contribution in [2.75, 3.05) is 26.4 Å². The number of ether oxygens (including phenoxy) is 1. The molecule has 0 atom stereocenters. The molecule has 0 aliphatic carbocycles. The molecule has 104 valence electrons. The van der Waals surface area contributed by atoms with Crippen LogP contribution in [0.25, 0.3) is 0 Å². The summed E-state index contributed by atoms with van der Waals surface area (Å²) in [5.74, 6) is -1.31. The van der Waals surface area contributed by atoms with Crippen LogP contribution in [0.4, 0.5) is 0 Å². The minimum Gasteiger partial charge on any atom is -0.478 e. The van der Waals surface area contributed by atoms with E-state index >= 15 is 0 Å². The summed E-state index contributed by atoms with van der Waals surface area (Å²) >= 11 is 0. The Hall–Kier alpha value is -1.92. The Bertz CT molecular complexity index is 433. The molecule has 0 aromatic heterocycles. The van der Waals surface area contributed by atoms with Gasteiger partial charge in [-0.1, -0.05) is 18.2 Å². The first-order chi connectivity index (χ1) is 9.15. The largest absolute Gasteiger partial charge is 0.478 e. The summed E-state index contributed by atoms with van der Waals surface area (Å²) in [4.78, 5) is 22.6. The number of nitrogens with one attached hydrogen (secondary N) is 1. The van der Waals surface area contributed by atoms with Gasteiger partial charge in [0, 0.05) is 6.54 Å². The molecule has 0 aliphatic rings. The van der Waals surface area contributed by atoms with E-state index in [2.05, 4.69) is 5.32 Å². The van der Waals surface area contributed by atoms with E-state index in [1.807, 2.05) is 0 Å². The van der Waals surface area contributed by atoms with E-state index < -0.39 is 5.97 Å². The zero-order chi connectivity index (χ0) is 14.1. The van der Waals surface area contributed by atoms with E-state index in [0.29, 0.717) is 18.7 Å². The number of rotatable bonds is 8. The maximum Gasteiger partial charge on any atom is 0.335 e. The van der Waals surface area contributed by atoms with Gasteiger partial charge in [-0.25, -0.2) is 4.79 Å². The molecular formula is C13H17NO5. The van der Waals surface area contributed by atoms with Crippen molar-refractivity contribution in [3.63, 3.8) is 0 Å². The SMILES string of the molecule is O=C(Cc1ccccc1C(=O)O)NCCOCCO. The highest BCUT2D eigenvalue weighted by Crippen LogP contribution is 2.09. The molecule has 0 spiro atoms. The number of carboxylic acid groups (broad SMARTS) is 1. The third-order valence-corrected chi connectivity index (χ3v) is 2.40. The minimum atomic E-state index is -1.05. The summed E-state index contributed by atoms with van der Waals surface area (Å²) in [5.41, 5.74) is 0.609. The van der Waals surface area contributed by atoms with E-state index in [-0.39, 0.29) is 31.1 Å². The molecule has 0 saturated carbocycles. The van der Waals surface area contributed by atoms with Gasteiger partial charge in [-0.2, -0.15) is 0 Å². The molecule has 6 heteroatoms. The quantitative estimate of drug-likeness (QED) is 0.578. The number of aromatic carboxylic acids is 1. The van der Waals surface area contributed by atoms with Crippen molar-refractivity contribution in [3.05, 3.63) is 35.4 Å². The van der Waals surface area contributed by atoms with Crippen molar-refractivity contribution >= 4 is 11.9 Å². The van der Waals surface area contributed by atoms with Crippen LogP contribution in [0, 0.1) is 0 Å². The van der Waals surface area contributed by atoms with Crippen LogP contribution in [-0.2, 0) is 16.0 Å². The molecule has 0 heterocycles. The van der Waals surface area contributed by atoms with Crippen LogP contribution in [0.2, 0.25) is 0 Å². The molecule has 0 saturated heterocycles. The number of hydrogen-bond acceptors (Lipinski definition) is 4. The van der Waals surface area contributed by atoms with Crippen LogP contribution in [-0.4, -0.2) is 48.5 Å². The van der Waals surface area contributed by atoms with Crippen molar-refractivity contribution in [2.45, 2.75) is 6.42 Å². The highest BCUT2D eigenvalue weighted by atomic mass is 16.5. The zero-order valence-corrected chi connectivity index (χ0v) is 10.5. The standard InChI is InChI=1S/C13H17NO5/c15-6-8-19-7-5-14-12(16)9-10-3-1-2-4-11(10)13(17)18/h1-4,15H,5-9H2,(H,14,16)(H,17,18). The zero-order valence-electron chi connectivity index (χ0n) is 10.5. The second-order valence-electron chi connectivity index (χ2n) is 3.83. The monoisotopic (exact) mass is 267 g/mol. The van der Waals surface area contributed by atoms with E-state index in [9.17, 15) is 9.59 Å². The highest BCUT2D eigenvalue weighted by molar-refractivity contribution is 5.91. The summed E-state index contributed by atoms with van der Waals surface area (Å²) in [6.45, 7) is 0.818. The van der Waals surface area contributed by atoms with Crippen molar-refractivity contribution in [1.82, 2.24) is 5.32 Å². The van der Waals surface area contributed by atoms with Crippen molar-refractivity contribution < 1.29 is 24.5 Å². The smallest absolute Gasteiger partial charge is 0.335 e. The number of carbonyl (C=O) groups excluding carboxylic acids is 1. The number of amides is 1. The number of carboxylic acids is 1. The molecule has 0 aliphatic heterocycles. The fourth-order valence-corrected chi connectivity index (χ4v) is 1.55. The first kappa shape index (κ1) is 15.1. The number of aliphatic hydroxyl groups excluding tert-OH is 1. The number of carbonyl (C=O) groups is 2. The Morgan fingerprint density at radius 1 is 1.21 bits per heavy atom. The lowest BCUT2D eigenvalue weighted by atomic mass is 10.0. The molecule has 0 fully saturated rings. The Morgan fingerprint density at radius 3 is 2.63 bits per heavy atom. The molecule has 6 nitrogen and oxygen atoms in total. The van der Waals surface area contributed by atoms with Crippen LogP contribution in [0.5, 0.6) is 0 Å². The predicted molar refractivity (Wildman–Crippen MR) is 68.0 cm³/mol. The van der Waals surface area contributed by atoms with Gasteiger partial charge >= 0.3 is 5.97 Å². The van der Waals surface area contributed by atoms with E-state index in [1.165, 1.54) is 6.07 Å². The molecule has 1 aromatic carbocycles. The van der Waals surface area contributed by atoms with E-state index in [0.717, 1.165) is 0 Å². The lowest BCUT2D eigenvalue weighted by Crippen LogP contribution is -2.29. The topological polar surface area (TPSA) is 95.9 Å². The van der Waals surface area contributed by atoms with Gasteiger partial charge in [0.2, 0.25) is 5.91 Å². The molecule has 1 aromatic rings. The fourth-order valence-electron chi connectivity index (χ4n) is 1.55. The van der Waals surface area contributed by atoms with Gasteiger partial charge < -0.3 is 20.3 Å². The van der Waals surface area contributed by atoms with Crippen LogP contribution < -0.4 is 5.32 Å². The molecule has 0 unspecified atom stereocenters. The summed E-state index contributed by atoms with van der Waals surface area (Å²) in [5, 5.41) is 20.1. The van der Waals surface area contributed by atoms with Gasteiger partial charge in [0.05, 0.1) is 31.8 Å². The Balaban J connectivity index is 2.42. The van der Waals surface area contributed by atoms with Gasteiger partial charge in [0.1, 0.15) is 0 Å². The van der Waals surface area contributed by atoms with Gasteiger partial charge in [-0.3, -0.25) is 4.79 Å². The lowest BCUT2D eigenvalue weighted by Gasteiger charge is -2.07. The number of benzene rings is 1. The maximum absolute atomic E-state index is 11.6. The Labute approximate surface area is 111 Å². The molecule has 0 radical (unpaired) electrons. The average Bonchev–Trinajstić information content (AvgIpc) is 2.39. The summed E-state index contributed by atoms with van der Waals surface area (Å²) in [6.07, 6.45) is 0.0163. The van der Waals surface area contributed by atoms with Gasteiger partial charge in [0.25, 0.3) is 0 Å². The number of hydrogen-bond donors (Lipinski definition) is 3. The van der Waals surface area contributed by atoms with Gasteiger partial charge in [-0.15, -0.1) is 0 Å². The fraction of sp³-hybridized carbons (Fsp3) is 0.385. The lowest BCUT2D eigenvalue weighted by molar-refractivity contribution is -0.120. The third-order valence-electron chi connectivity index (χ3n) is 2.40. The van der Waals surface area contributed by atoms with Crippen LogP contribution >= 0.6 is 0 Å². The molecule has 0 bridgehead atoms. The summed E-state index contributed by atoms with van der Waals surface area (Å²) < 4.78 is 4.99. The maximum atomic E-state index is 11.6. The average molecular weight is 267 g/mol. The van der Waals surface area contributed by atoms with E-state index in [4.69, 9.17) is 14.9 Å².